The van der Waals surface area contributed by atoms with Crippen LogP contribution in [0.1, 0.15) is 40.6 Å². The lowest BCUT2D eigenvalue weighted by molar-refractivity contribution is 0.0952. The summed E-state index contributed by atoms with van der Waals surface area (Å²) in [4.78, 5) is 11.4. The van der Waals surface area contributed by atoms with E-state index in [0.717, 1.165) is 24.2 Å². The molecule has 3 N–H and O–H groups in total. The van der Waals surface area contributed by atoms with Crippen LogP contribution in [0.3, 0.4) is 0 Å². The van der Waals surface area contributed by atoms with E-state index in [-0.39, 0.29) is 5.91 Å². The quantitative estimate of drug-likeness (QED) is 0.407. The SMILES string of the molecule is Cc1nn(C2CC2)c(C)c1C(=O)NN. The molecule has 14 heavy (non-hydrogen) atoms. The highest BCUT2D eigenvalue weighted by atomic mass is 16.2. The largest absolute Gasteiger partial charge is 0.290 e. The topological polar surface area (TPSA) is 72.9 Å². The molecule has 1 aromatic heterocycles. The number of aryl methyl sites for hydroxylation is 1. The standard InChI is InChI=1S/C9H14N4O/c1-5-8(9(14)11-10)6(2)13(12-5)7-3-4-7/h7H,3-4,10H2,1-2H3,(H,11,14). The first-order valence-corrected chi connectivity index (χ1v) is 4.71. The summed E-state index contributed by atoms with van der Waals surface area (Å²) in [5, 5.41) is 4.34. The van der Waals surface area contributed by atoms with Gasteiger partial charge in [0.05, 0.1) is 17.3 Å². The zero-order chi connectivity index (χ0) is 10.3. The lowest BCUT2D eigenvalue weighted by atomic mass is 10.2. The maximum atomic E-state index is 11.4. The van der Waals surface area contributed by atoms with E-state index >= 15 is 0 Å². The van der Waals surface area contributed by atoms with E-state index < -0.39 is 0 Å². The fourth-order valence-corrected chi connectivity index (χ4v) is 1.74. The summed E-state index contributed by atoms with van der Waals surface area (Å²) in [5.41, 5.74) is 4.41. The molecule has 0 bridgehead atoms. The zero-order valence-electron chi connectivity index (χ0n) is 8.37. The van der Waals surface area contributed by atoms with E-state index in [0.29, 0.717) is 11.6 Å². The normalized spacial score (nSPS) is 15.6. The molecule has 1 fully saturated rings. The monoisotopic (exact) mass is 194 g/mol. The summed E-state index contributed by atoms with van der Waals surface area (Å²) in [6.45, 7) is 3.74. The van der Waals surface area contributed by atoms with Crippen molar-refractivity contribution in [1.82, 2.24) is 15.2 Å². The molecule has 1 aliphatic rings. The van der Waals surface area contributed by atoms with Crippen LogP contribution in [0.4, 0.5) is 0 Å². The second-order valence-electron chi connectivity index (χ2n) is 3.70. The van der Waals surface area contributed by atoms with E-state index in [2.05, 4.69) is 10.5 Å². The van der Waals surface area contributed by atoms with Crippen molar-refractivity contribution < 1.29 is 4.79 Å². The van der Waals surface area contributed by atoms with Gasteiger partial charge in [-0.25, -0.2) is 5.84 Å². The number of carbonyl (C=O) groups is 1. The lowest BCUT2D eigenvalue weighted by Gasteiger charge is -2.01. The summed E-state index contributed by atoms with van der Waals surface area (Å²) in [5.74, 6) is 4.85. The fourth-order valence-electron chi connectivity index (χ4n) is 1.74. The molecule has 2 rings (SSSR count). The smallest absolute Gasteiger partial charge is 0.268 e. The number of rotatable bonds is 2. The molecular formula is C9H14N4O. The van der Waals surface area contributed by atoms with Crippen molar-refractivity contribution in [3.05, 3.63) is 17.0 Å². The second kappa shape index (κ2) is 3.09. The van der Waals surface area contributed by atoms with Gasteiger partial charge >= 0.3 is 0 Å². The molecule has 0 atom stereocenters. The molecule has 5 nitrogen and oxygen atoms in total. The van der Waals surface area contributed by atoms with Gasteiger partial charge in [-0.1, -0.05) is 0 Å². The molecule has 76 valence electrons. The van der Waals surface area contributed by atoms with Crippen molar-refractivity contribution in [2.45, 2.75) is 32.7 Å². The summed E-state index contributed by atoms with van der Waals surface area (Å²) < 4.78 is 1.93. The minimum atomic E-state index is -0.257. The van der Waals surface area contributed by atoms with E-state index in [9.17, 15) is 4.79 Å². The van der Waals surface area contributed by atoms with Gasteiger partial charge in [-0.15, -0.1) is 0 Å². The van der Waals surface area contributed by atoms with Crippen LogP contribution in [0.5, 0.6) is 0 Å². The van der Waals surface area contributed by atoms with Crippen molar-refractivity contribution in [1.29, 1.82) is 0 Å². The number of nitrogen functional groups attached to an aromatic ring is 1. The average Bonchev–Trinajstić information content (AvgIpc) is 2.93. The van der Waals surface area contributed by atoms with Gasteiger partial charge in [0.25, 0.3) is 5.91 Å². The molecule has 1 aromatic rings. The number of hydrogen-bond acceptors (Lipinski definition) is 3. The first kappa shape index (κ1) is 9.21. The van der Waals surface area contributed by atoms with E-state index in [1.165, 1.54) is 0 Å². The molecule has 0 radical (unpaired) electrons. The number of amides is 1. The Labute approximate surface area is 82.2 Å². The molecular weight excluding hydrogens is 180 g/mol. The van der Waals surface area contributed by atoms with Crippen LogP contribution in [0.25, 0.3) is 0 Å². The third-order valence-electron chi connectivity index (χ3n) is 2.58. The Balaban J connectivity index is 2.43. The van der Waals surface area contributed by atoms with Gasteiger partial charge in [0.2, 0.25) is 0 Å². The Morgan fingerprint density at radius 3 is 2.71 bits per heavy atom. The van der Waals surface area contributed by atoms with Gasteiger partial charge in [-0.2, -0.15) is 5.10 Å². The Kier molecular flexibility index (Phi) is 2.03. The van der Waals surface area contributed by atoms with Crippen LogP contribution in [0.2, 0.25) is 0 Å². The Hall–Kier alpha value is -1.36. The number of hydrazine groups is 1. The van der Waals surface area contributed by atoms with Gasteiger partial charge in [0.15, 0.2) is 0 Å². The molecule has 0 spiro atoms. The predicted molar refractivity (Wildman–Crippen MR) is 51.6 cm³/mol. The van der Waals surface area contributed by atoms with Crippen molar-refractivity contribution in [2.75, 3.05) is 0 Å². The first-order chi connectivity index (χ1) is 6.65. The number of nitrogens with one attached hydrogen (secondary N) is 1. The highest BCUT2D eigenvalue weighted by Gasteiger charge is 2.29. The minimum Gasteiger partial charge on any atom is -0.290 e. The van der Waals surface area contributed by atoms with Crippen molar-refractivity contribution in [3.8, 4) is 0 Å². The molecule has 1 heterocycles. The summed E-state index contributed by atoms with van der Waals surface area (Å²) in [6.07, 6.45) is 2.32. The van der Waals surface area contributed by atoms with Gasteiger partial charge in [0.1, 0.15) is 0 Å². The lowest BCUT2D eigenvalue weighted by Crippen LogP contribution is -2.30. The van der Waals surface area contributed by atoms with Crippen LogP contribution in [-0.2, 0) is 0 Å². The summed E-state index contributed by atoms with van der Waals surface area (Å²) in [7, 11) is 0. The molecule has 0 unspecified atom stereocenters. The molecule has 0 saturated heterocycles. The highest BCUT2D eigenvalue weighted by molar-refractivity contribution is 5.95. The average molecular weight is 194 g/mol. The maximum absolute atomic E-state index is 11.4. The molecule has 1 amide bonds. The molecule has 1 saturated carbocycles. The molecule has 0 aromatic carbocycles. The molecule has 1 aliphatic carbocycles. The maximum Gasteiger partial charge on any atom is 0.268 e. The minimum absolute atomic E-state index is 0.257. The summed E-state index contributed by atoms with van der Waals surface area (Å²) >= 11 is 0. The summed E-state index contributed by atoms with van der Waals surface area (Å²) in [6, 6.07) is 0.494. The van der Waals surface area contributed by atoms with Gasteiger partial charge in [-0.05, 0) is 26.7 Å². The van der Waals surface area contributed by atoms with E-state index in [1.54, 1.807) is 0 Å². The van der Waals surface area contributed by atoms with Gasteiger partial charge < -0.3 is 0 Å². The first-order valence-electron chi connectivity index (χ1n) is 4.71. The fraction of sp³-hybridized carbons (Fsp3) is 0.556. The van der Waals surface area contributed by atoms with Crippen LogP contribution >= 0.6 is 0 Å². The van der Waals surface area contributed by atoms with E-state index in [4.69, 9.17) is 5.84 Å². The van der Waals surface area contributed by atoms with E-state index in [1.807, 2.05) is 18.5 Å². The Morgan fingerprint density at radius 1 is 1.57 bits per heavy atom. The van der Waals surface area contributed by atoms with Gasteiger partial charge in [0, 0.05) is 5.69 Å². The highest BCUT2D eigenvalue weighted by Crippen LogP contribution is 2.36. The number of nitrogens with two attached hydrogens (primary N) is 1. The number of hydrogen-bond donors (Lipinski definition) is 2. The van der Waals surface area contributed by atoms with Crippen LogP contribution in [0.15, 0.2) is 0 Å². The van der Waals surface area contributed by atoms with Gasteiger partial charge in [-0.3, -0.25) is 14.9 Å². The van der Waals surface area contributed by atoms with Crippen molar-refractivity contribution in [2.24, 2.45) is 5.84 Å². The molecule has 0 aliphatic heterocycles. The Morgan fingerprint density at radius 2 is 2.21 bits per heavy atom. The predicted octanol–water partition coefficient (Wildman–Crippen LogP) is 0.438. The Bertz CT molecular complexity index is 378. The van der Waals surface area contributed by atoms with Crippen LogP contribution < -0.4 is 11.3 Å². The zero-order valence-corrected chi connectivity index (χ0v) is 8.37. The number of aromatic nitrogens is 2. The van der Waals surface area contributed by atoms with Crippen molar-refractivity contribution >= 4 is 5.91 Å². The molecule has 5 heteroatoms. The number of nitrogens with zero attached hydrogens (tertiary/aromatic N) is 2. The number of carbonyl (C=O) groups excluding carboxylic acids is 1. The van der Waals surface area contributed by atoms with Crippen LogP contribution in [-0.4, -0.2) is 15.7 Å². The second-order valence-corrected chi connectivity index (χ2v) is 3.70. The van der Waals surface area contributed by atoms with Crippen molar-refractivity contribution in [3.63, 3.8) is 0 Å². The third kappa shape index (κ3) is 1.29. The third-order valence-corrected chi connectivity index (χ3v) is 2.58. The van der Waals surface area contributed by atoms with Crippen LogP contribution in [0, 0.1) is 13.8 Å².